The molecule has 0 radical (unpaired) electrons. The van der Waals surface area contributed by atoms with E-state index in [1.807, 2.05) is 0 Å². The maximum atomic E-state index is 13.1. The van der Waals surface area contributed by atoms with Crippen LogP contribution < -0.4 is 11.1 Å². The lowest BCUT2D eigenvalue weighted by Gasteiger charge is -2.17. The summed E-state index contributed by atoms with van der Waals surface area (Å²) in [6.45, 7) is 0.136. The number of aromatic nitrogens is 2. The minimum Gasteiger partial charge on any atom is -0.347 e. The van der Waals surface area contributed by atoms with Gasteiger partial charge in [-0.15, -0.1) is 12.4 Å². The summed E-state index contributed by atoms with van der Waals surface area (Å²) in [4.78, 5) is 16.2. The maximum absolute atomic E-state index is 13.1. The summed E-state index contributed by atoms with van der Waals surface area (Å²) in [5.41, 5.74) is 6.36. The highest BCUT2D eigenvalue weighted by atomic mass is 35.5. The summed E-state index contributed by atoms with van der Waals surface area (Å²) in [5, 5.41) is 6.62. The van der Waals surface area contributed by atoms with E-state index in [1.165, 1.54) is 12.1 Å². The molecule has 2 aromatic rings. The standard InChI is InChI=1S/C16H19FN4O2.ClH/c17-12-5-3-4-11(8-12)9-13(22)19-10-14-20-15(21-23-14)16(18)6-1-2-7-16;/h3-5,8H,1-2,6-7,9-10,18H2,(H,19,22);1H. The zero-order valence-corrected chi connectivity index (χ0v) is 13.9. The first-order valence-electron chi connectivity index (χ1n) is 7.68. The molecule has 1 heterocycles. The summed E-state index contributed by atoms with van der Waals surface area (Å²) < 4.78 is 18.2. The van der Waals surface area contributed by atoms with E-state index in [0.717, 1.165) is 25.7 Å². The highest BCUT2D eigenvalue weighted by molar-refractivity contribution is 5.85. The lowest BCUT2D eigenvalue weighted by atomic mass is 9.99. The van der Waals surface area contributed by atoms with Crippen molar-refractivity contribution in [3.8, 4) is 0 Å². The summed E-state index contributed by atoms with van der Waals surface area (Å²) in [6, 6.07) is 5.95. The number of halogens is 2. The van der Waals surface area contributed by atoms with Gasteiger partial charge in [0, 0.05) is 0 Å². The Morgan fingerprint density at radius 1 is 1.38 bits per heavy atom. The van der Waals surface area contributed by atoms with Crippen molar-refractivity contribution in [1.82, 2.24) is 15.5 Å². The van der Waals surface area contributed by atoms with Crippen molar-refractivity contribution in [2.75, 3.05) is 0 Å². The molecule has 24 heavy (non-hydrogen) atoms. The normalized spacial score (nSPS) is 15.8. The third kappa shape index (κ3) is 4.30. The fourth-order valence-corrected chi connectivity index (χ4v) is 2.83. The van der Waals surface area contributed by atoms with Gasteiger partial charge in [0.15, 0.2) is 5.82 Å². The van der Waals surface area contributed by atoms with Crippen molar-refractivity contribution in [2.24, 2.45) is 5.73 Å². The number of hydrogen-bond acceptors (Lipinski definition) is 5. The van der Waals surface area contributed by atoms with Crippen LogP contribution in [0, 0.1) is 5.82 Å². The van der Waals surface area contributed by atoms with Gasteiger partial charge in [-0.2, -0.15) is 4.98 Å². The van der Waals surface area contributed by atoms with Gasteiger partial charge in [0.2, 0.25) is 11.8 Å². The number of nitrogens with zero attached hydrogens (tertiary/aromatic N) is 2. The molecule has 1 fully saturated rings. The second-order valence-electron chi connectivity index (χ2n) is 5.96. The van der Waals surface area contributed by atoms with Crippen LogP contribution in [-0.2, 0) is 23.3 Å². The summed E-state index contributed by atoms with van der Waals surface area (Å²) >= 11 is 0. The predicted octanol–water partition coefficient (Wildman–Crippen LogP) is 2.22. The third-order valence-corrected chi connectivity index (χ3v) is 4.10. The molecule has 0 spiro atoms. The number of hydrogen-bond donors (Lipinski definition) is 2. The molecular weight excluding hydrogens is 335 g/mol. The van der Waals surface area contributed by atoms with Crippen LogP contribution in [0.1, 0.15) is 43.0 Å². The van der Waals surface area contributed by atoms with Crippen LogP contribution >= 0.6 is 12.4 Å². The Labute approximate surface area is 145 Å². The zero-order chi connectivity index (χ0) is 16.3. The SMILES string of the molecule is Cl.NC1(c2noc(CNC(=O)Cc3cccc(F)c3)n2)CCCC1. The van der Waals surface area contributed by atoms with Crippen molar-refractivity contribution >= 4 is 18.3 Å². The average Bonchev–Trinajstić information content (AvgIpc) is 3.15. The van der Waals surface area contributed by atoms with Gasteiger partial charge in [0.05, 0.1) is 18.5 Å². The first kappa shape index (κ1) is 18.4. The molecule has 1 aliphatic carbocycles. The smallest absolute Gasteiger partial charge is 0.246 e. The van der Waals surface area contributed by atoms with Crippen molar-refractivity contribution in [3.05, 3.63) is 47.4 Å². The molecular formula is C16H20ClFN4O2. The van der Waals surface area contributed by atoms with Gasteiger partial charge in [-0.25, -0.2) is 4.39 Å². The van der Waals surface area contributed by atoms with E-state index in [0.29, 0.717) is 17.3 Å². The molecule has 6 nitrogen and oxygen atoms in total. The zero-order valence-electron chi connectivity index (χ0n) is 13.1. The Kier molecular flexibility index (Phi) is 5.90. The maximum Gasteiger partial charge on any atom is 0.246 e. The molecule has 0 aliphatic heterocycles. The molecule has 1 aromatic heterocycles. The van der Waals surface area contributed by atoms with Crippen LogP contribution in [0.5, 0.6) is 0 Å². The van der Waals surface area contributed by atoms with E-state index < -0.39 is 5.54 Å². The Hall–Kier alpha value is -1.99. The van der Waals surface area contributed by atoms with Gasteiger partial charge in [-0.05, 0) is 30.5 Å². The molecule has 3 rings (SSSR count). The molecule has 130 valence electrons. The van der Waals surface area contributed by atoms with Gasteiger partial charge >= 0.3 is 0 Å². The van der Waals surface area contributed by atoms with Crippen molar-refractivity contribution in [1.29, 1.82) is 0 Å². The van der Waals surface area contributed by atoms with Crippen molar-refractivity contribution in [2.45, 2.75) is 44.2 Å². The Bertz CT molecular complexity index is 701. The lowest BCUT2D eigenvalue weighted by molar-refractivity contribution is -0.120. The van der Waals surface area contributed by atoms with Crippen LogP contribution in [0.4, 0.5) is 4.39 Å². The third-order valence-electron chi connectivity index (χ3n) is 4.10. The Balaban J connectivity index is 0.00000208. The van der Waals surface area contributed by atoms with E-state index in [1.54, 1.807) is 12.1 Å². The Morgan fingerprint density at radius 2 is 2.12 bits per heavy atom. The summed E-state index contributed by atoms with van der Waals surface area (Å²) in [5.74, 6) is 0.231. The monoisotopic (exact) mass is 354 g/mol. The van der Waals surface area contributed by atoms with Crippen LogP contribution in [0.15, 0.2) is 28.8 Å². The van der Waals surface area contributed by atoms with E-state index in [-0.39, 0.29) is 37.1 Å². The second-order valence-corrected chi connectivity index (χ2v) is 5.96. The number of nitrogens with one attached hydrogen (secondary N) is 1. The van der Waals surface area contributed by atoms with E-state index in [2.05, 4.69) is 15.5 Å². The van der Waals surface area contributed by atoms with Crippen LogP contribution in [0.25, 0.3) is 0 Å². The fourth-order valence-electron chi connectivity index (χ4n) is 2.83. The molecule has 1 aromatic carbocycles. The van der Waals surface area contributed by atoms with E-state index >= 15 is 0 Å². The van der Waals surface area contributed by atoms with Gasteiger partial charge in [0.1, 0.15) is 5.82 Å². The van der Waals surface area contributed by atoms with E-state index in [4.69, 9.17) is 10.3 Å². The molecule has 3 N–H and O–H groups in total. The van der Waals surface area contributed by atoms with Gasteiger partial charge in [-0.3, -0.25) is 4.79 Å². The number of rotatable bonds is 5. The minimum absolute atomic E-state index is 0. The molecule has 1 amide bonds. The number of carbonyl (C=O) groups excluding carboxylic acids is 1. The quantitative estimate of drug-likeness (QED) is 0.858. The molecule has 1 aliphatic rings. The topological polar surface area (TPSA) is 94.0 Å². The number of carbonyl (C=O) groups is 1. The van der Waals surface area contributed by atoms with Crippen molar-refractivity contribution in [3.63, 3.8) is 0 Å². The van der Waals surface area contributed by atoms with Gasteiger partial charge in [0.25, 0.3) is 0 Å². The lowest BCUT2D eigenvalue weighted by Crippen LogP contribution is -2.34. The molecule has 0 bridgehead atoms. The fraction of sp³-hybridized carbons (Fsp3) is 0.438. The largest absolute Gasteiger partial charge is 0.347 e. The molecule has 8 heteroatoms. The minimum atomic E-state index is -0.507. The first-order chi connectivity index (χ1) is 11.0. The number of amides is 1. The summed E-state index contributed by atoms with van der Waals surface area (Å²) in [6.07, 6.45) is 3.91. The number of benzene rings is 1. The Morgan fingerprint density at radius 3 is 2.83 bits per heavy atom. The van der Waals surface area contributed by atoms with Gasteiger partial charge < -0.3 is 15.6 Å². The highest BCUT2D eigenvalue weighted by Gasteiger charge is 2.35. The first-order valence-corrected chi connectivity index (χ1v) is 7.68. The molecule has 0 atom stereocenters. The van der Waals surface area contributed by atoms with Crippen LogP contribution in [-0.4, -0.2) is 16.0 Å². The molecule has 0 saturated heterocycles. The highest BCUT2D eigenvalue weighted by Crippen LogP contribution is 2.34. The number of nitrogens with two attached hydrogens (primary N) is 1. The summed E-state index contributed by atoms with van der Waals surface area (Å²) in [7, 11) is 0. The van der Waals surface area contributed by atoms with Gasteiger partial charge in [-0.1, -0.05) is 30.1 Å². The second kappa shape index (κ2) is 7.72. The van der Waals surface area contributed by atoms with E-state index in [9.17, 15) is 9.18 Å². The predicted molar refractivity (Wildman–Crippen MR) is 87.8 cm³/mol. The molecule has 1 saturated carbocycles. The van der Waals surface area contributed by atoms with Crippen molar-refractivity contribution < 1.29 is 13.7 Å². The average molecular weight is 355 g/mol. The van der Waals surface area contributed by atoms with Crippen LogP contribution in [0.2, 0.25) is 0 Å². The molecule has 0 unspecified atom stereocenters. The van der Waals surface area contributed by atoms with Crippen LogP contribution in [0.3, 0.4) is 0 Å².